The van der Waals surface area contributed by atoms with Crippen LogP contribution in [0.1, 0.15) is 28.4 Å². The Morgan fingerprint density at radius 1 is 1.03 bits per heavy atom. The van der Waals surface area contributed by atoms with Crippen LogP contribution in [0.15, 0.2) is 63.9 Å². The highest BCUT2D eigenvalue weighted by atomic mass is 79.9. The van der Waals surface area contributed by atoms with E-state index in [1.54, 1.807) is 4.68 Å². The molecule has 5 rings (SSSR count). The molecule has 1 aliphatic rings. The fourth-order valence-electron chi connectivity index (χ4n) is 3.38. The van der Waals surface area contributed by atoms with Gasteiger partial charge in [0.05, 0.1) is 5.69 Å². The summed E-state index contributed by atoms with van der Waals surface area (Å²) >= 11 is 3.46. The summed E-state index contributed by atoms with van der Waals surface area (Å²) in [7, 11) is 0. The molecule has 9 heteroatoms. The number of aromatic amines is 1. The summed E-state index contributed by atoms with van der Waals surface area (Å²) in [5.41, 5.74) is 3.37. The van der Waals surface area contributed by atoms with Crippen LogP contribution >= 0.6 is 15.9 Å². The number of aromatic nitrogens is 6. The number of halogens is 1. The summed E-state index contributed by atoms with van der Waals surface area (Å²) in [5.74, 6) is 0.403. The highest BCUT2D eigenvalue weighted by molar-refractivity contribution is 9.10. The van der Waals surface area contributed by atoms with Crippen molar-refractivity contribution < 1.29 is 0 Å². The van der Waals surface area contributed by atoms with E-state index in [1.165, 1.54) is 0 Å². The highest BCUT2D eigenvalue weighted by Gasteiger charge is 2.33. The van der Waals surface area contributed by atoms with E-state index in [0.29, 0.717) is 22.9 Å². The maximum Gasteiger partial charge on any atom is 0.288 e. The average Bonchev–Trinajstić information content (AvgIpc) is 3.22. The molecular formula is C20H14BrN7O. The fraction of sp³-hybridized carbons (Fsp3) is 0.0500. The molecule has 29 heavy (non-hydrogen) atoms. The third kappa shape index (κ3) is 3.15. The minimum atomic E-state index is -0.394. The summed E-state index contributed by atoms with van der Waals surface area (Å²) < 4.78 is 2.62. The van der Waals surface area contributed by atoms with Gasteiger partial charge in [-0.15, -0.1) is 0 Å². The van der Waals surface area contributed by atoms with Gasteiger partial charge in [0.25, 0.3) is 5.56 Å². The summed E-state index contributed by atoms with van der Waals surface area (Å²) in [5, 5.41) is 21.8. The second-order valence-corrected chi connectivity index (χ2v) is 7.41. The first-order valence-corrected chi connectivity index (χ1v) is 9.66. The van der Waals surface area contributed by atoms with Gasteiger partial charge in [-0.05, 0) is 39.8 Å². The van der Waals surface area contributed by atoms with Crippen molar-refractivity contribution in [3.63, 3.8) is 0 Å². The molecule has 3 heterocycles. The number of tetrazole rings is 1. The Labute approximate surface area is 173 Å². The number of nitrogens with one attached hydrogen (secondary N) is 2. The number of fused-ring (bicyclic) bond motifs is 2. The van der Waals surface area contributed by atoms with E-state index in [0.717, 1.165) is 15.6 Å². The number of hydrogen-bond acceptors (Lipinski definition) is 6. The van der Waals surface area contributed by atoms with Crippen LogP contribution in [0.25, 0.3) is 12.2 Å². The van der Waals surface area contributed by atoms with Gasteiger partial charge in [-0.2, -0.15) is 9.78 Å². The third-order valence-electron chi connectivity index (χ3n) is 4.72. The molecule has 0 radical (unpaired) electrons. The summed E-state index contributed by atoms with van der Waals surface area (Å²) in [6.07, 6.45) is 3.83. The average molecular weight is 448 g/mol. The van der Waals surface area contributed by atoms with Crippen LogP contribution in [-0.2, 0) is 0 Å². The number of H-pyrrole nitrogens is 1. The monoisotopic (exact) mass is 447 g/mol. The van der Waals surface area contributed by atoms with E-state index in [-0.39, 0.29) is 5.56 Å². The number of rotatable bonds is 3. The number of nitrogens with zero attached hydrogens (tertiary/aromatic N) is 5. The molecule has 142 valence electrons. The minimum absolute atomic E-state index is 0.326. The van der Waals surface area contributed by atoms with E-state index >= 15 is 0 Å². The fourth-order valence-corrected chi connectivity index (χ4v) is 3.65. The lowest BCUT2D eigenvalue weighted by atomic mass is 9.94. The lowest BCUT2D eigenvalue weighted by Crippen LogP contribution is -2.29. The predicted molar refractivity (Wildman–Crippen MR) is 113 cm³/mol. The molecular weight excluding hydrogens is 434 g/mol. The standard InChI is InChI=1S/C20H14BrN7O/c21-14-9-7-13(8-10-14)18-16-15(11-6-12-4-2-1-3-5-12)23-24-19(29)17(16)22-20-25-26-27-28(18)20/h1-11,18H,(H,24,29)(H,22,25,27)/b11-6+/t18-/m1/s1. The van der Waals surface area contributed by atoms with Gasteiger partial charge in [0.2, 0.25) is 5.95 Å². The van der Waals surface area contributed by atoms with Gasteiger partial charge >= 0.3 is 0 Å². The molecule has 0 unspecified atom stereocenters. The normalized spacial score (nSPS) is 15.0. The Kier molecular flexibility index (Phi) is 4.28. The largest absolute Gasteiger partial charge is 0.318 e. The molecule has 0 amide bonds. The molecule has 2 N–H and O–H groups in total. The minimum Gasteiger partial charge on any atom is -0.318 e. The zero-order chi connectivity index (χ0) is 19.8. The summed E-state index contributed by atoms with van der Waals surface area (Å²) in [6, 6.07) is 17.3. The van der Waals surface area contributed by atoms with Crippen LogP contribution in [0.2, 0.25) is 0 Å². The molecule has 1 aliphatic heterocycles. The summed E-state index contributed by atoms with van der Waals surface area (Å²) in [4.78, 5) is 12.6. The predicted octanol–water partition coefficient (Wildman–Crippen LogP) is 3.38. The second kappa shape index (κ2) is 7.10. The molecule has 0 spiro atoms. The quantitative estimate of drug-likeness (QED) is 0.439. The lowest BCUT2D eigenvalue weighted by Gasteiger charge is -2.27. The van der Waals surface area contributed by atoms with Crippen LogP contribution in [-0.4, -0.2) is 30.4 Å². The zero-order valence-corrected chi connectivity index (χ0v) is 16.5. The maximum absolute atomic E-state index is 12.6. The van der Waals surface area contributed by atoms with Gasteiger partial charge < -0.3 is 5.32 Å². The van der Waals surface area contributed by atoms with Crippen LogP contribution in [0.5, 0.6) is 0 Å². The van der Waals surface area contributed by atoms with Gasteiger partial charge in [0, 0.05) is 10.0 Å². The Bertz CT molecular complexity index is 1260. The Morgan fingerprint density at radius 2 is 1.83 bits per heavy atom. The maximum atomic E-state index is 12.6. The molecule has 2 aromatic heterocycles. The van der Waals surface area contributed by atoms with Crippen LogP contribution in [0.3, 0.4) is 0 Å². The van der Waals surface area contributed by atoms with E-state index in [4.69, 9.17) is 0 Å². The van der Waals surface area contributed by atoms with Crippen molar-refractivity contribution in [3.8, 4) is 0 Å². The lowest BCUT2D eigenvalue weighted by molar-refractivity contribution is 0.565. The Balaban J connectivity index is 1.71. The van der Waals surface area contributed by atoms with Gasteiger partial charge in [-0.3, -0.25) is 4.79 Å². The molecule has 4 aromatic rings. The highest BCUT2D eigenvalue weighted by Crippen LogP contribution is 2.38. The molecule has 0 bridgehead atoms. The van der Waals surface area contributed by atoms with Crippen LogP contribution in [0.4, 0.5) is 11.6 Å². The number of anilines is 2. The van der Waals surface area contributed by atoms with Gasteiger partial charge in [-0.1, -0.05) is 69.6 Å². The molecule has 0 saturated carbocycles. The van der Waals surface area contributed by atoms with Crippen molar-refractivity contribution in [2.45, 2.75) is 6.04 Å². The number of benzene rings is 2. The van der Waals surface area contributed by atoms with Crippen molar-refractivity contribution >= 4 is 39.7 Å². The topological polar surface area (TPSA) is 101 Å². The number of hydrogen-bond donors (Lipinski definition) is 2. The van der Waals surface area contributed by atoms with E-state index in [1.807, 2.05) is 66.7 Å². The zero-order valence-electron chi connectivity index (χ0n) is 15.0. The molecule has 2 aromatic carbocycles. The van der Waals surface area contributed by atoms with Gasteiger partial charge in [0.1, 0.15) is 11.7 Å². The first-order chi connectivity index (χ1) is 14.2. The van der Waals surface area contributed by atoms with E-state index < -0.39 is 6.04 Å². The van der Waals surface area contributed by atoms with Crippen LogP contribution in [0, 0.1) is 0 Å². The van der Waals surface area contributed by atoms with Crippen molar-refractivity contribution in [2.75, 3.05) is 5.32 Å². The molecule has 1 atom stereocenters. The smallest absolute Gasteiger partial charge is 0.288 e. The van der Waals surface area contributed by atoms with Crippen LogP contribution < -0.4 is 10.9 Å². The molecule has 0 aliphatic carbocycles. The molecule has 0 fully saturated rings. The SMILES string of the molecule is O=c1[nH]nc(/C=C/c2ccccc2)c2c1Nc1nnnn1[C@@H]2c1ccc(Br)cc1. The van der Waals surface area contributed by atoms with E-state index in [9.17, 15) is 4.79 Å². The van der Waals surface area contributed by atoms with Crippen molar-refractivity contribution in [3.05, 3.63) is 91.8 Å². The van der Waals surface area contributed by atoms with Crippen molar-refractivity contribution in [1.82, 2.24) is 30.4 Å². The first kappa shape index (κ1) is 17.5. The molecule has 8 nitrogen and oxygen atoms in total. The Morgan fingerprint density at radius 3 is 2.62 bits per heavy atom. The van der Waals surface area contributed by atoms with E-state index in [2.05, 4.69) is 47.0 Å². The summed E-state index contributed by atoms with van der Waals surface area (Å²) in [6.45, 7) is 0. The van der Waals surface area contributed by atoms with Crippen molar-refractivity contribution in [2.24, 2.45) is 0 Å². The Hall–Kier alpha value is -3.59. The van der Waals surface area contributed by atoms with Gasteiger partial charge in [0.15, 0.2) is 0 Å². The van der Waals surface area contributed by atoms with Crippen molar-refractivity contribution in [1.29, 1.82) is 0 Å². The third-order valence-corrected chi connectivity index (χ3v) is 5.25. The molecule has 0 saturated heterocycles. The second-order valence-electron chi connectivity index (χ2n) is 6.50. The first-order valence-electron chi connectivity index (χ1n) is 8.87. The van der Waals surface area contributed by atoms with Gasteiger partial charge in [-0.25, -0.2) is 5.10 Å².